The Morgan fingerprint density at radius 2 is 1.10 bits per heavy atom. The summed E-state index contributed by atoms with van der Waals surface area (Å²) in [6, 6.07) is 15.0. The summed E-state index contributed by atoms with van der Waals surface area (Å²) in [6.45, 7) is 8.54. The topological polar surface area (TPSA) is 9.23 Å². The number of thiophene rings is 3. The van der Waals surface area contributed by atoms with Gasteiger partial charge in [0.1, 0.15) is 5.75 Å². The Labute approximate surface area is 246 Å². The first-order chi connectivity index (χ1) is 19.1. The zero-order valence-corrected chi connectivity index (χ0v) is 25.9. The normalized spacial score (nSPS) is 10.2. The van der Waals surface area contributed by atoms with Crippen LogP contribution >= 0.6 is 34.0 Å². The van der Waals surface area contributed by atoms with Crippen LogP contribution < -0.4 is 4.74 Å². The summed E-state index contributed by atoms with van der Waals surface area (Å²) >= 11 is 5.20. The highest BCUT2D eigenvalue weighted by Gasteiger charge is 2.11. The Kier molecular flexibility index (Phi) is 10.5. The van der Waals surface area contributed by atoms with E-state index in [0.29, 0.717) is 0 Å². The van der Waals surface area contributed by atoms with Crippen molar-refractivity contribution in [3.05, 3.63) is 83.5 Å². The van der Waals surface area contributed by atoms with Gasteiger partial charge in [-0.15, -0.1) is 39.9 Å². The lowest BCUT2D eigenvalue weighted by atomic mass is 10.1. The van der Waals surface area contributed by atoms with Gasteiger partial charge in [0.2, 0.25) is 0 Å². The zero-order valence-electron chi connectivity index (χ0n) is 23.4. The van der Waals surface area contributed by atoms with E-state index in [1.165, 1.54) is 27.1 Å². The highest BCUT2D eigenvalue weighted by atomic mass is 32.1. The molecule has 0 amide bonds. The summed E-state index contributed by atoms with van der Waals surface area (Å²) in [5, 5.41) is 0. The molecule has 3 aromatic heterocycles. The second kappa shape index (κ2) is 14.3. The minimum atomic E-state index is 0.874. The van der Waals surface area contributed by atoms with Gasteiger partial charge in [0, 0.05) is 4.88 Å². The van der Waals surface area contributed by atoms with E-state index >= 15 is 0 Å². The van der Waals surface area contributed by atoms with Gasteiger partial charge in [-0.1, -0.05) is 46.0 Å². The first-order valence-electron chi connectivity index (χ1n) is 13.6. The van der Waals surface area contributed by atoms with Crippen molar-refractivity contribution in [2.75, 3.05) is 7.11 Å². The standard InChI is InChI=1S/C35H34OS3/c1-6-10-26-22-30(37-32(26)13-9-4)18-20-33-27(11-7-2)23-31(38-33)19-21-34-28(12-8-3)24-35(39-34)25-14-16-29(36-5)17-15-25/h14-17,22-24H,6-8,10-12H2,1-5H3. The summed E-state index contributed by atoms with van der Waals surface area (Å²) in [7, 11) is 1.70. The molecule has 0 spiro atoms. The van der Waals surface area contributed by atoms with Gasteiger partial charge in [-0.2, -0.15) is 0 Å². The van der Waals surface area contributed by atoms with E-state index in [0.717, 1.165) is 68.7 Å². The van der Waals surface area contributed by atoms with E-state index in [1.807, 2.05) is 19.1 Å². The third-order valence-electron chi connectivity index (χ3n) is 6.20. The van der Waals surface area contributed by atoms with Crippen LogP contribution in [0.3, 0.4) is 0 Å². The molecule has 0 radical (unpaired) electrons. The van der Waals surface area contributed by atoms with Crippen LogP contribution in [0.1, 0.15) is 88.0 Å². The van der Waals surface area contributed by atoms with Gasteiger partial charge in [-0.05, 0) is 115 Å². The van der Waals surface area contributed by atoms with E-state index in [1.54, 1.807) is 41.1 Å². The smallest absolute Gasteiger partial charge is 0.118 e. The van der Waals surface area contributed by atoms with Crippen molar-refractivity contribution in [2.24, 2.45) is 0 Å². The predicted molar refractivity (Wildman–Crippen MR) is 171 cm³/mol. The van der Waals surface area contributed by atoms with Crippen molar-refractivity contribution in [2.45, 2.75) is 66.2 Å². The van der Waals surface area contributed by atoms with Crippen molar-refractivity contribution < 1.29 is 4.74 Å². The molecule has 0 saturated heterocycles. The molecule has 0 fully saturated rings. The molecule has 198 valence electrons. The van der Waals surface area contributed by atoms with Crippen molar-refractivity contribution in [1.29, 1.82) is 0 Å². The molecule has 39 heavy (non-hydrogen) atoms. The second-order valence-electron chi connectivity index (χ2n) is 9.25. The predicted octanol–water partition coefficient (Wildman–Crippen LogP) is 9.58. The zero-order chi connectivity index (χ0) is 27.6. The SMILES string of the molecule is CC#Cc1sc(C#Cc2sc(C#Cc3sc(-c4ccc(OC)cc4)cc3CCC)cc2CCC)cc1CCC. The molecule has 0 N–H and O–H groups in total. The molecule has 0 atom stereocenters. The Balaban J connectivity index is 1.63. The maximum Gasteiger partial charge on any atom is 0.118 e. The summed E-state index contributed by atoms with van der Waals surface area (Å²) in [4.78, 5) is 6.87. The van der Waals surface area contributed by atoms with Gasteiger partial charge in [0.05, 0.1) is 31.5 Å². The number of ether oxygens (including phenoxy) is 1. The van der Waals surface area contributed by atoms with Gasteiger partial charge >= 0.3 is 0 Å². The highest BCUT2D eigenvalue weighted by molar-refractivity contribution is 7.16. The minimum absolute atomic E-state index is 0.874. The first-order valence-corrected chi connectivity index (χ1v) is 16.0. The quantitative estimate of drug-likeness (QED) is 0.193. The first kappa shape index (κ1) is 28.8. The average molecular weight is 567 g/mol. The van der Waals surface area contributed by atoms with Crippen molar-refractivity contribution >= 4 is 34.0 Å². The molecular weight excluding hydrogens is 533 g/mol. The number of rotatable bonds is 8. The van der Waals surface area contributed by atoms with Gasteiger partial charge in [0.15, 0.2) is 0 Å². The maximum atomic E-state index is 5.33. The molecule has 4 aromatic rings. The molecule has 0 aliphatic heterocycles. The summed E-state index contributed by atoms with van der Waals surface area (Å²) in [5.74, 6) is 21.1. The van der Waals surface area contributed by atoms with Gasteiger partial charge in [-0.3, -0.25) is 0 Å². The van der Waals surface area contributed by atoms with Crippen LogP contribution in [-0.4, -0.2) is 7.11 Å². The van der Waals surface area contributed by atoms with Crippen LogP contribution in [0.15, 0.2) is 42.5 Å². The monoisotopic (exact) mass is 566 g/mol. The third-order valence-corrected chi connectivity index (χ3v) is 9.35. The fraction of sp³-hybridized carbons (Fsp3) is 0.314. The van der Waals surface area contributed by atoms with Crippen LogP contribution in [0.5, 0.6) is 5.75 Å². The number of benzene rings is 1. The van der Waals surface area contributed by atoms with Gasteiger partial charge in [-0.25, -0.2) is 0 Å². The molecule has 0 saturated carbocycles. The Hall–Kier alpha value is -3.20. The fourth-order valence-corrected chi connectivity index (χ4v) is 7.29. The molecule has 0 bridgehead atoms. The summed E-state index contributed by atoms with van der Waals surface area (Å²) in [6.07, 6.45) is 6.39. The Bertz CT molecular complexity index is 1590. The van der Waals surface area contributed by atoms with Crippen LogP contribution in [0.2, 0.25) is 0 Å². The lowest BCUT2D eigenvalue weighted by Gasteiger charge is -2.00. The van der Waals surface area contributed by atoms with Gasteiger partial charge in [0.25, 0.3) is 0 Å². The molecule has 0 aliphatic rings. The highest BCUT2D eigenvalue weighted by Crippen LogP contribution is 2.33. The molecule has 1 nitrogen and oxygen atoms in total. The summed E-state index contributed by atoms with van der Waals surface area (Å²) < 4.78 is 5.33. The molecule has 4 rings (SSSR count). The average Bonchev–Trinajstić information content (AvgIpc) is 3.64. The van der Waals surface area contributed by atoms with Gasteiger partial charge < -0.3 is 4.74 Å². The third kappa shape index (κ3) is 7.47. The molecular formula is C35H34OS3. The van der Waals surface area contributed by atoms with Crippen LogP contribution in [0, 0.1) is 35.5 Å². The number of hydrogen-bond acceptors (Lipinski definition) is 4. The number of hydrogen-bond donors (Lipinski definition) is 0. The summed E-state index contributed by atoms with van der Waals surface area (Å²) in [5.41, 5.74) is 5.16. The Morgan fingerprint density at radius 1 is 0.615 bits per heavy atom. The molecule has 3 heterocycles. The largest absolute Gasteiger partial charge is 0.497 e. The fourth-order valence-electron chi connectivity index (χ4n) is 4.34. The van der Waals surface area contributed by atoms with Crippen LogP contribution in [-0.2, 0) is 19.3 Å². The van der Waals surface area contributed by atoms with Crippen LogP contribution in [0.4, 0.5) is 0 Å². The van der Waals surface area contributed by atoms with E-state index in [2.05, 4.69) is 86.6 Å². The van der Waals surface area contributed by atoms with Crippen molar-refractivity contribution in [3.63, 3.8) is 0 Å². The maximum absolute atomic E-state index is 5.33. The van der Waals surface area contributed by atoms with E-state index < -0.39 is 0 Å². The molecule has 0 aliphatic carbocycles. The lowest BCUT2D eigenvalue weighted by Crippen LogP contribution is -1.83. The lowest BCUT2D eigenvalue weighted by molar-refractivity contribution is 0.415. The molecule has 4 heteroatoms. The van der Waals surface area contributed by atoms with Crippen molar-refractivity contribution in [1.82, 2.24) is 0 Å². The second-order valence-corrected chi connectivity index (χ2v) is 12.4. The van der Waals surface area contributed by atoms with E-state index in [9.17, 15) is 0 Å². The van der Waals surface area contributed by atoms with E-state index in [4.69, 9.17) is 4.74 Å². The van der Waals surface area contributed by atoms with Crippen LogP contribution in [0.25, 0.3) is 10.4 Å². The van der Waals surface area contributed by atoms with Crippen molar-refractivity contribution in [3.8, 4) is 51.7 Å². The molecule has 0 unspecified atom stereocenters. The van der Waals surface area contributed by atoms with E-state index in [-0.39, 0.29) is 0 Å². The number of methoxy groups -OCH3 is 1. The minimum Gasteiger partial charge on any atom is -0.497 e. The number of aryl methyl sites for hydroxylation is 3. The Morgan fingerprint density at radius 3 is 1.59 bits per heavy atom. The molecule has 1 aromatic carbocycles.